The van der Waals surface area contributed by atoms with Crippen molar-refractivity contribution in [2.75, 3.05) is 18.0 Å². The molecule has 4 nitrogen and oxygen atoms in total. The maximum absolute atomic E-state index is 12.3. The number of benzene rings is 1. The number of amides is 1. The standard InChI is InChI=1S/C18H24N2O2/c1-5-20(6-2)16-10-8-15(9-11-16)18(21)19-14(4)17-12-7-13(3)22-17/h7-12,14H,5-6H2,1-4H3,(H,19,21). The highest BCUT2D eigenvalue weighted by molar-refractivity contribution is 5.94. The molecule has 1 unspecified atom stereocenters. The Bertz CT molecular complexity index is 612. The van der Waals surface area contributed by atoms with Gasteiger partial charge in [-0.1, -0.05) is 0 Å². The van der Waals surface area contributed by atoms with Crippen molar-refractivity contribution in [3.63, 3.8) is 0 Å². The number of aryl methyl sites for hydroxylation is 1. The molecular weight excluding hydrogens is 276 g/mol. The minimum absolute atomic E-state index is 0.0901. The first-order chi connectivity index (χ1) is 10.5. The van der Waals surface area contributed by atoms with Crippen LogP contribution < -0.4 is 10.2 Å². The van der Waals surface area contributed by atoms with Gasteiger partial charge in [-0.2, -0.15) is 0 Å². The summed E-state index contributed by atoms with van der Waals surface area (Å²) in [5.41, 5.74) is 1.79. The van der Waals surface area contributed by atoms with Gasteiger partial charge in [0.1, 0.15) is 11.5 Å². The molecule has 2 aromatic rings. The third-order valence-corrected chi connectivity index (χ3v) is 3.79. The summed E-state index contributed by atoms with van der Waals surface area (Å²) < 4.78 is 5.54. The molecular formula is C18H24N2O2. The van der Waals surface area contributed by atoms with Gasteiger partial charge in [0.05, 0.1) is 6.04 Å². The van der Waals surface area contributed by atoms with Crippen LogP contribution in [0.1, 0.15) is 48.7 Å². The Labute approximate surface area is 132 Å². The summed E-state index contributed by atoms with van der Waals surface area (Å²) in [6, 6.07) is 11.4. The topological polar surface area (TPSA) is 45.5 Å². The number of hydrogen-bond acceptors (Lipinski definition) is 3. The van der Waals surface area contributed by atoms with Gasteiger partial charge in [-0.15, -0.1) is 0 Å². The monoisotopic (exact) mass is 300 g/mol. The number of rotatable bonds is 6. The molecule has 1 aromatic heterocycles. The Balaban J connectivity index is 2.03. The Morgan fingerprint density at radius 3 is 2.27 bits per heavy atom. The van der Waals surface area contributed by atoms with Gasteiger partial charge in [0.25, 0.3) is 5.91 Å². The number of hydrogen-bond donors (Lipinski definition) is 1. The van der Waals surface area contributed by atoms with E-state index in [-0.39, 0.29) is 11.9 Å². The highest BCUT2D eigenvalue weighted by atomic mass is 16.3. The molecule has 4 heteroatoms. The van der Waals surface area contributed by atoms with Crippen LogP contribution in [0.5, 0.6) is 0 Å². The second-order valence-electron chi connectivity index (χ2n) is 5.36. The smallest absolute Gasteiger partial charge is 0.251 e. The summed E-state index contributed by atoms with van der Waals surface area (Å²) in [4.78, 5) is 14.5. The van der Waals surface area contributed by atoms with Crippen LogP contribution >= 0.6 is 0 Å². The fourth-order valence-corrected chi connectivity index (χ4v) is 2.45. The number of carbonyl (C=O) groups excluding carboxylic acids is 1. The van der Waals surface area contributed by atoms with Crippen LogP contribution in [0.2, 0.25) is 0 Å². The van der Waals surface area contributed by atoms with Crippen LogP contribution in [0.25, 0.3) is 0 Å². The predicted octanol–water partition coefficient (Wildman–Crippen LogP) is 3.93. The molecule has 0 bridgehead atoms. The van der Waals surface area contributed by atoms with Crippen LogP contribution in [0, 0.1) is 6.92 Å². The molecule has 1 atom stereocenters. The zero-order valence-electron chi connectivity index (χ0n) is 13.7. The van der Waals surface area contributed by atoms with Gasteiger partial charge < -0.3 is 14.6 Å². The fraction of sp³-hybridized carbons (Fsp3) is 0.389. The van der Waals surface area contributed by atoms with Gasteiger partial charge in [-0.05, 0) is 64.1 Å². The number of furan rings is 1. The lowest BCUT2D eigenvalue weighted by molar-refractivity contribution is 0.0935. The third kappa shape index (κ3) is 3.70. The molecule has 0 saturated heterocycles. The average Bonchev–Trinajstić information content (AvgIpc) is 2.96. The number of anilines is 1. The molecule has 1 heterocycles. The third-order valence-electron chi connectivity index (χ3n) is 3.79. The fourth-order valence-electron chi connectivity index (χ4n) is 2.45. The first kappa shape index (κ1) is 16.1. The van der Waals surface area contributed by atoms with E-state index in [0.29, 0.717) is 5.56 Å². The van der Waals surface area contributed by atoms with Crippen LogP contribution in [0.15, 0.2) is 40.8 Å². The highest BCUT2D eigenvalue weighted by Crippen LogP contribution is 2.18. The second-order valence-corrected chi connectivity index (χ2v) is 5.36. The van der Waals surface area contributed by atoms with E-state index in [1.165, 1.54) is 0 Å². The summed E-state index contributed by atoms with van der Waals surface area (Å²) in [5.74, 6) is 1.53. The van der Waals surface area contributed by atoms with E-state index in [1.807, 2.05) is 50.2 Å². The molecule has 118 valence electrons. The van der Waals surface area contributed by atoms with Crippen molar-refractivity contribution in [2.45, 2.75) is 33.7 Å². The van der Waals surface area contributed by atoms with E-state index in [1.54, 1.807) is 0 Å². The average molecular weight is 300 g/mol. The predicted molar refractivity (Wildman–Crippen MR) is 89.3 cm³/mol. The SMILES string of the molecule is CCN(CC)c1ccc(C(=O)NC(C)c2ccc(C)o2)cc1. The molecule has 1 aromatic carbocycles. The van der Waals surface area contributed by atoms with Gasteiger partial charge in [-0.3, -0.25) is 4.79 Å². The van der Waals surface area contributed by atoms with E-state index < -0.39 is 0 Å². The van der Waals surface area contributed by atoms with Gasteiger partial charge in [0, 0.05) is 24.3 Å². The van der Waals surface area contributed by atoms with Gasteiger partial charge >= 0.3 is 0 Å². The second kappa shape index (κ2) is 7.16. The Hall–Kier alpha value is -2.23. The molecule has 0 aliphatic heterocycles. The molecule has 0 fully saturated rings. The molecule has 0 radical (unpaired) electrons. The molecule has 1 amide bonds. The first-order valence-electron chi connectivity index (χ1n) is 7.77. The lowest BCUT2D eigenvalue weighted by Crippen LogP contribution is -2.26. The Kier molecular flexibility index (Phi) is 5.26. The zero-order valence-corrected chi connectivity index (χ0v) is 13.7. The van der Waals surface area contributed by atoms with Gasteiger partial charge in [0.2, 0.25) is 0 Å². The van der Waals surface area contributed by atoms with E-state index in [4.69, 9.17) is 4.42 Å². The number of nitrogens with zero attached hydrogens (tertiary/aromatic N) is 1. The quantitative estimate of drug-likeness (QED) is 0.879. The Morgan fingerprint density at radius 1 is 1.14 bits per heavy atom. The summed E-state index contributed by atoms with van der Waals surface area (Å²) in [7, 11) is 0. The van der Waals surface area contributed by atoms with Crippen molar-refractivity contribution in [1.82, 2.24) is 5.32 Å². The molecule has 0 aliphatic rings. The van der Waals surface area contributed by atoms with Crippen molar-refractivity contribution in [1.29, 1.82) is 0 Å². The maximum Gasteiger partial charge on any atom is 0.251 e. The van der Waals surface area contributed by atoms with E-state index >= 15 is 0 Å². The van der Waals surface area contributed by atoms with Crippen molar-refractivity contribution < 1.29 is 9.21 Å². The van der Waals surface area contributed by atoms with Crippen LogP contribution in [0.4, 0.5) is 5.69 Å². The van der Waals surface area contributed by atoms with Gasteiger partial charge in [0.15, 0.2) is 0 Å². The lowest BCUT2D eigenvalue weighted by Gasteiger charge is -2.21. The first-order valence-corrected chi connectivity index (χ1v) is 7.77. The molecule has 1 N–H and O–H groups in total. The summed E-state index contributed by atoms with van der Waals surface area (Å²) >= 11 is 0. The molecule has 22 heavy (non-hydrogen) atoms. The molecule has 0 aliphatic carbocycles. The molecule has 0 spiro atoms. The van der Waals surface area contributed by atoms with Crippen molar-refractivity contribution in [2.24, 2.45) is 0 Å². The van der Waals surface area contributed by atoms with Crippen LogP contribution in [-0.4, -0.2) is 19.0 Å². The van der Waals surface area contributed by atoms with E-state index in [9.17, 15) is 4.79 Å². The number of nitrogens with one attached hydrogen (secondary N) is 1. The minimum Gasteiger partial charge on any atom is -0.464 e. The summed E-state index contributed by atoms with van der Waals surface area (Å²) in [6.45, 7) is 9.96. The molecule has 0 saturated carbocycles. The Morgan fingerprint density at radius 2 is 1.77 bits per heavy atom. The van der Waals surface area contributed by atoms with Crippen LogP contribution in [0.3, 0.4) is 0 Å². The van der Waals surface area contributed by atoms with Crippen LogP contribution in [-0.2, 0) is 0 Å². The maximum atomic E-state index is 12.3. The summed E-state index contributed by atoms with van der Waals surface area (Å²) in [6.07, 6.45) is 0. The van der Waals surface area contributed by atoms with Gasteiger partial charge in [-0.25, -0.2) is 0 Å². The van der Waals surface area contributed by atoms with E-state index in [0.717, 1.165) is 30.3 Å². The van der Waals surface area contributed by atoms with Crippen molar-refractivity contribution >= 4 is 11.6 Å². The summed E-state index contributed by atoms with van der Waals surface area (Å²) in [5, 5.41) is 2.96. The molecule has 2 rings (SSSR count). The lowest BCUT2D eigenvalue weighted by atomic mass is 10.1. The largest absolute Gasteiger partial charge is 0.464 e. The van der Waals surface area contributed by atoms with Crippen molar-refractivity contribution in [3.05, 3.63) is 53.5 Å². The van der Waals surface area contributed by atoms with E-state index in [2.05, 4.69) is 24.1 Å². The van der Waals surface area contributed by atoms with Crippen molar-refractivity contribution in [3.8, 4) is 0 Å². The normalized spacial score (nSPS) is 12.0. The highest BCUT2D eigenvalue weighted by Gasteiger charge is 2.14. The zero-order chi connectivity index (χ0) is 16.1. The number of carbonyl (C=O) groups is 1. The minimum atomic E-state index is -0.149.